The van der Waals surface area contributed by atoms with Crippen LogP contribution in [0.15, 0.2) is 0 Å². The molecular formula is C12H22N2O4S. The van der Waals surface area contributed by atoms with Gasteiger partial charge in [-0.25, -0.2) is 0 Å². The van der Waals surface area contributed by atoms with Gasteiger partial charge >= 0.3 is 5.97 Å². The number of hydrogen-bond acceptors (Lipinski definition) is 3. The molecule has 0 aromatic rings. The van der Waals surface area contributed by atoms with Gasteiger partial charge in [0.15, 0.2) is 0 Å². The van der Waals surface area contributed by atoms with E-state index in [0.717, 1.165) is 19.3 Å². The molecule has 3 atom stereocenters. The Hall–Kier alpha value is -0.660. The normalized spacial score (nSPS) is 33.4. The van der Waals surface area contributed by atoms with Crippen molar-refractivity contribution < 1.29 is 18.3 Å². The lowest BCUT2D eigenvalue weighted by Gasteiger charge is -2.31. The summed E-state index contributed by atoms with van der Waals surface area (Å²) in [5.74, 6) is -1.13. The highest BCUT2D eigenvalue weighted by atomic mass is 32.2. The van der Waals surface area contributed by atoms with Gasteiger partial charge < -0.3 is 5.11 Å². The molecule has 0 aromatic heterocycles. The van der Waals surface area contributed by atoms with Crippen LogP contribution in [0, 0.1) is 11.8 Å². The van der Waals surface area contributed by atoms with Crippen LogP contribution in [0.2, 0.25) is 0 Å². The summed E-state index contributed by atoms with van der Waals surface area (Å²) in [6.07, 6.45) is 4.13. The Labute approximate surface area is 114 Å². The van der Waals surface area contributed by atoms with Crippen LogP contribution in [0.5, 0.6) is 0 Å². The zero-order chi connectivity index (χ0) is 14.0. The summed E-state index contributed by atoms with van der Waals surface area (Å²) in [5, 5.41) is 9.01. The van der Waals surface area contributed by atoms with E-state index in [9.17, 15) is 13.2 Å². The van der Waals surface area contributed by atoms with E-state index in [1.807, 2.05) is 0 Å². The van der Waals surface area contributed by atoms with Crippen molar-refractivity contribution in [2.45, 2.75) is 45.1 Å². The molecule has 1 saturated carbocycles. The molecule has 1 aliphatic heterocycles. The molecule has 2 aliphatic rings. The van der Waals surface area contributed by atoms with Gasteiger partial charge in [-0.15, -0.1) is 0 Å². The molecule has 2 N–H and O–H groups in total. The summed E-state index contributed by atoms with van der Waals surface area (Å²) in [6.45, 7) is 2.56. The Morgan fingerprint density at radius 1 is 1.26 bits per heavy atom. The van der Waals surface area contributed by atoms with Crippen LogP contribution in [-0.2, 0) is 15.0 Å². The third-order valence-corrected chi connectivity index (χ3v) is 5.85. The van der Waals surface area contributed by atoms with Crippen molar-refractivity contribution in [3.8, 4) is 0 Å². The molecule has 2 rings (SSSR count). The predicted molar refractivity (Wildman–Crippen MR) is 70.8 cm³/mol. The van der Waals surface area contributed by atoms with E-state index in [0.29, 0.717) is 25.3 Å². The molecule has 1 aliphatic carbocycles. The second-order valence-electron chi connectivity index (χ2n) is 5.67. The third-order valence-electron chi connectivity index (χ3n) is 4.24. The second kappa shape index (κ2) is 5.76. The van der Waals surface area contributed by atoms with Crippen molar-refractivity contribution >= 4 is 16.2 Å². The van der Waals surface area contributed by atoms with E-state index in [2.05, 4.69) is 11.6 Å². The smallest absolute Gasteiger partial charge is 0.307 e. The summed E-state index contributed by atoms with van der Waals surface area (Å²) < 4.78 is 28.6. The van der Waals surface area contributed by atoms with Crippen molar-refractivity contribution in [1.29, 1.82) is 0 Å². The molecule has 0 bridgehead atoms. The zero-order valence-corrected chi connectivity index (χ0v) is 12.0. The first-order valence-corrected chi connectivity index (χ1v) is 8.34. The minimum Gasteiger partial charge on any atom is -0.481 e. The number of nitrogens with zero attached hydrogens (tertiary/aromatic N) is 1. The van der Waals surface area contributed by atoms with Gasteiger partial charge in [-0.2, -0.15) is 17.4 Å². The standard InChI is InChI=1S/C12H22N2O4S/c1-9-4-2-6-11(9)13-19(17,18)14-7-3-5-10(8-14)12(15)16/h9-11,13H,2-8H2,1H3,(H,15,16). The third kappa shape index (κ3) is 3.46. The molecule has 1 heterocycles. The highest BCUT2D eigenvalue weighted by Crippen LogP contribution is 2.26. The fourth-order valence-electron chi connectivity index (χ4n) is 2.95. The lowest BCUT2D eigenvalue weighted by molar-refractivity contribution is -0.142. The molecule has 1 saturated heterocycles. The lowest BCUT2D eigenvalue weighted by Crippen LogP contribution is -2.50. The molecule has 0 spiro atoms. The number of piperidine rings is 1. The van der Waals surface area contributed by atoms with E-state index in [1.54, 1.807) is 0 Å². The highest BCUT2D eigenvalue weighted by Gasteiger charge is 2.35. The predicted octanol–water partition coefficient (Wildman–Crippen LogP) is 0.806. The SMILES string of the molecule is CC1CCCC1NS(=O)(=O)N1CCCC(C(=O)O)C1. The minimum absolute atomic E-state index is 0.00444. The van der Waals surface area contributed by atoms with Crippen molar-refractivity contribution in [1.82, 2.24) is 9.03 Å². The van der Waals surface area contributed by atoms with Crippen LogP contribution in [0.4, 0.5) is 0 Å². The number of carbonyl (C=O) groups is 1. The van der Waals surface area contributed by atoms with Gasteiger partial charge in [0.05, 0.1) is 5.92 Å². The summed E-state index contributed by atoms with van der Waals surface area (Å²) >= 11 is 0. The number of nitrogens with one attached hydrogen (secondary N) is 1. The second-order valence-corrected chi connectivity index (χ2v) is 7.38. The molecule has 0 amide bonds. The Kier molecular flexibility index (Phi) is 4.47. The van der Waals surface area contributed by atoms with Crippen LogP contribution < -0.4 is 4.72 Å². The molecular weight excluding hydrogens is 268 g/mol. The minimum atomic E-state index is -3.55. The number of aliphatic carboxylic acids is 1. The molecule has 2 fully saturated rings. The molecule has 6 nitrogen and oxygen atoms in total. The van der Waals surface area contributed by atoms with Gasteiger partial charge in [-0.1, -0.05) is 13.3 Å². The Bertz CT molecular complexity index is 437. The van der Waals surface area contributed by atoms with Crippen molar-refractivity contribution in [2.75, 3.05) is 13.1 Å². The number of carboxylic acid groups (broad SMARTS) is 1. The van der Waals surface area contributed by atoms with Crippen molar-refractivity contribution in [2.24, 2.45) is 11.8 Å². The monoisotopic (exact) mass is 290 g/mol. The number of rotatable bonds is 4. The average molecular weight is 290 g/mol. The van der Waals surface area contributed by atoms with Gasteiger partial charge in [-0.05, 0) is 31.6 Å². The summed E-state index contributed by atoms with van der Waals surface area (Å²) in [7, 11) is -3.55. The number of carboxylic acids is 1. The van der Waals surface area contributed by atoms with Crippen molar-refractivity contribution in [3.63, 3.8) is 0 Å². The fourth-order valence-corrected chi connectivity index (χ4v) is 4.58. The molecule has 0 aromatic carbocycles. The Balaban J connectivity index is 2.00. The van der Waals surface area contributed by atoms with Gasteiger partial charge in [-0.3, -0.25) is 4.79 Å². The lowest BCUT2D eigenvalue weighted by atomic mass is 10.0. The maximum atomic E-state index is 12.3. The first-order chi connectivity index (χ1) is 8.90. The zero-order valence-electron chi connectivity index (χ0n) is 11.2. The summed E-state index contributed by atoms with van der Waals surface area (Å²) in [6, 6.07) is -0.00444. The number of hydrogen-bond donors (Lipinski definition) is 2. The summed E-state index contributed by atoms with van der Waals surface area (Å²) in [5.41, 5.74) is 0. The topological polar surface area (TPSA) is 86.7 Å². The van der Waals surface area contributed by atoms with Crippen LogP contribution in [0.1, 0.15) is 39.0 Å². The van der Waals surface area contributed by atoms with Crippen LogP contribution in [0.25, 0.3) is 0 Å². The first-order valence-electron chi connectivity index (χ1n) is 6.90. The van der Waals surface area contributed by atoms with E-state index in [4.69, 9.17) is 5.11 Å². The molecule has 3 unspecified atom stereocenters. The maximum Gasteiger partial charge on any atom is 0.307 e. The van der Waals surface area contributed by atoms with E-state index < -0.39 is 22.1 Å². The van der Waals surface area contributed by atoms with E-state index in [-0.39, 0.29) is 12.6 Å². The van der Waals surface area contributed by atoms with Gasteiger partial charge in [0.1, 0.15) is 0 Å². The Morgan fingerprint density at radius 2 is 2.00 bits per heavy atom. The average Bonchev–Trinajstić information content (AvgIpc) is 2.74. The maximum absolute atomic E-state index is 12.3. The fraction of sp³-hybridized carbons (Fsp3) is 0.917. The largest absolute Gasteiger partial charge is 0.481 e. The van der Waals surface area contributed by atoms with Gasteiger partial charge in [0.2, 0.25) is 0 Å². The van der Waals surface area contributed by atoms with E-state index in [1.165, 1.54) is 4.31 Å². The Morgan fingerprint density at radius 3 is 2.58 bits per heavy atom. The van der Waals surface area contributed by atoms with Crippen molar-refractivity contribution in [3.05, 3.63) is 0 Å². The van der Waals surface area contributed by atoms with Crippen LogP contribution in [0.3, 0.4) is 0 Å². The summed E-state index contributed by atoms with van der Waals surface area (Å²) in [4.78, 5) is 11.0. The molecule has 19 heavy (non-hydrogen) atoms. The molecule has 110 valence electrons. The highest BCUT2D eigenvalue weighted by molar-refractivity contribution is 7.87. The van der Waals surface area contributed by atoms with Crippen LogP contribution in [-0.4, -0.2) is 42.9 Å². The van der Waals surface area contributed by atoms with Gasteiger partial charge in [0.25, 0.3) is 10.2 Å². The molecule has 7 heteroatoms. The molecule has 0 radical (unpaired) electrons. The van der Waals surface area contributed by atoms with Gasteiger partial charge in [0, 0.05) is 19.1 Å². The first kappa shape index (κ1) is 14.7. The quantitative estimate of drug-likeness (QED) is 0.802. The van der Waals surface area contributed by atoms with Crippen LogP contribution >= 0.6 is 0 Å². The van der Waals surface area contributed by atoms with E-state index >= 15 is 0 Å².